The fourth-order valence-electron chi connectivity index (χ4n) is 1.94. The Morgan fingerprint density at radius 2 is 2.19 bits per heavy atom. The molecule has 0 spiro atoms. The van der Waals surface area contributed by atoms with Crippen molar-refractivity contribution in [3.63, 3.8) is 0 Å². The van der Waals surface area contributed by atoms with Gasteiger partial charge in [-0.2, -0.15) is 5.10 Å². The van der Waals surface area contributed by atoms with E-state index >= 15 is 0 Å². The number of nitrogens with zero attached hydrogens (tertiary/aromatic N) is 2. The van der Waals surface area contributed by atoms with Crippen molar-refractivity contribution in [1.29, 1.82) is 0 Å². The van der Waals surface area contributed by atoms with Gasteiger partial charge >= 0.3 is 0 Å². The minimum atomic E-state index is -0.483. The van der Waals surface area contributed by atoms with Gasteiger partial charge in [0.1, 0.15) is 5.82 Å². The molecule has 1 amide bonds. The smallest absolute Gasteiger partial charge is 0.243 e. The number of halogens is 2. The maximum Gasteiger partial charge on any atom is 0.243 e. The molecule has 2 N–H and O–H groups in total. The Kier molecular flexibility index (Phi) is 4.47. The van der Waals surface area contributed by atoms with Crippen molar-refractivity contribution in [2.75, 3.05) is 23.8 Å². The zero-order valence-electron chi connectivity index (χ0n) is 12.0. The molecule has 0 saturated heterocycles. The highest BCUT2D eigenvalue weighted by atomic mass is 35.5. The molecule has 0 radical (unpaired) electrons. The highest BCUT2D eigenvalue weighted by Crippen LogP contribution is 2.22. The van der Waals surface area contributed by atoms with Crippen molar-refractivity contribution in [3.05, 3.63) is 40.4 Å². The van der Waals surface area contributed by atoms with Crippen LogP contribution >= 0.6 is 11.6 Å². The molecule has 0 saturated carbocycles. The van der Waals surface area contributed by atoms with E-state index in [4.69, 9.17) is 11.6 Å². The number of amides is 1. The molecule has 0 aliphatic carbocycles. The van der Waals surface area contributed by atoms with Gasteiger partial charge in [-0.25, -0.2) is 4.39 Å². The third-order valence-electron chi connectivity index (χ3n) is 3.12. The molecule has 0 atom stereocenters. The first-order chi connectivity index (χ1) is 9.88. The quantitative estimate of drug-likeness (QED) is 0.913. The lowest BCUT2D eigenvalue weighted by molar-refractivity contribution is -0.114. The normalized spacial score (nSPS) is 10.5. The van der Waals surface area contributed by atoms with Crippen LogP contribution in [0.5, 0.6) is 0 Å². The molecule has 1 aromatic heterocycles. The number of anilines is 2. The van der Waals surface area contributed by atoms with Gasteiger partial charge in [-0.3, -0.25) is 9.89 Å². The van der Waals surface area contributed by atoms with Crippen LogP contribution in [0.15, 0.2) is 18.2 Å². The Balaban J connectivity index is 2.03. The Hall–Kier alpha value is -2.08. The fraction of sp³-hybridized carbons (Fsp3) is 0.286. The van der Waals surface area contributed by atoms with Crippen LogP contribution in [0, 0.1) is 19.7 Å². The van der Waals surface area contributed by atoms with E-state index in [0.717, 1.165) is 11.4 Å². The van der Waals surface area contributed by atoms with E-state index in [1.807, 2.05) is 13.8 Å². The predicted molar refractivity (Wildman–Crippen MR) is 81.4 cm³/mol. The Bertz CT molecular complexity index is 651. The lowest BCUT2D eigenvalue weighted by Crippen LogP contribution is -2.30. The van der Waals surface area contributed by atoms with E-state index in [2.05, 4.69) is 15.5 Å². The van der Waals surface area contributed by atoms with E-state index in [-0.39, 0.29) is 17.5 Å². The van der Waals surface area contributed by atoms with Crippen LogP contribution in [0.3, 0.4) is 0 Å². The van der Waals surface area contributed by atoms with Crippen LogP contribution in [0.25, 0.3) is 0 Å². The summed E-state index contributed by atoms with van der Waals surface area (Å²) in [6.45, 7) is 3.76. The van der Waals surface area contributed by atoms with Crippen LogP contribution < -0.4 is 10.2 Å². The van der Waals surface area contributed by atoms with Crippen LogP contribution in [0.2, 0.25) is 5.02 Å². The van der Waals surface area contributed by atoms with Crippen molar-refractivity contribution < 1.29 is 9.18 Å². The summed E-state index contributed by atoms with van der Waals surface area (Å²) in [6.07, 6.45) is 0. The van der Waals surface area contributed by atoms with Gasteiger partial charge < -0.3 is 10.2 Å². The first-order valence-electron chi connectivity index (χ1n) is 6.36. The molecular weight excluding hydrogens is 295 g/mol. The molecule has 21 heavy (non-hydrogen) atoms. The summed E-state index contributed by atoms with van der Waals surface area (Å²) in [5.41, 5.74) is 2.88. The van der Waals surface area contributed by atoms with Gasteiger partial charge in [-0.15, -0.1) is 0 Å². The Morgan fingerprint density at radius 1 is 1.48 bits per heavy atom. The molecule has 5 nitrogen and oxygen atoms in total. The number of carbonyl (C=O) groups is 1. The van der Waals surface area contributed by atoms with Crippen LogP contribution in [-0.4, -0.2) is 29.7 Å². The summed E-state index contributed by atoms with van der Waals surface area (Å²) in [5, 5.41) is 9.65. The first kappa shape index (κ1) is 15.3. The molecule has 2 rings (SSSR count). The summed E-state index contributed by atoms with van der Waals surface area (Å²) in [4.78, 5) is 13.7. The maximum atomic E-state index is 13.1. The van der Waals surface area contributed by atoms with Gasteiger partial charge in [-0.1, -0.05) is 11.6 Å². The number of aryl methyl sites for hydroxylation is 2. The highest BCUT2D eigenvalue weighted by Gasteiger charge is 2.13. The van der Waals surface area contributed by atoms with Crippen molar-refractivity contribution in [3.8, 4) is 0 Å². The van der Waals surface area contributed by atoms with Gasteiger partial charge in [0.25, 0.3) is 0 Å². The Labute approximate surface area is 127 Å². The monoisotopic (exact) mass is 310 g/mol. The van der Waals surface area contributed by atoms with Crippen LogP contribution in [0.1, 0.15) is 11.4 Å². The number of rotatable bonds is 4. The summed E-state index contributed by atoms with van der Waals surface area (Å²) in [5.74, 6) is -0.673. The second-order valence-corrected chi connectivity index (χ2v) is 5.22. The van der Waals surface area contributed by atoms with Gasteiger partial charge in [0.2, 0.25) is 5.91 Å². The molecule has 0 bridgehead atoms. The lowest BCUT2D eigenvalue weighted by Gasteiger charge is -2.19. The molecule has 112 valence electrons. The molecule has 1 aromatic carbocycles. The molecule has 1 heterocycles. The van der Waals surface area contributed by atoms with E-state index in [1.165, 1.54) is 12.1 Å². The van der Waals surface area contributed by atoms with Crippen molar-refractivity contribution >= 4 is 28.9 Å². The number of nitrogens with one attached hydrogen (secondary N) is 2. The van der Waals surface area contributed by atoms with Crippen molar-refractivity contribution in [2.45, 2.75) is 13.8 Å². The number of hydrogen-bond acceptors (Lipinski definition) is 3. The topological polar surface area (TPSA) is 61.0 Å². The van der Waals surface area contributed by atoms with Crippen molar-refractivity contribution in [1.82, 2.24) is 10.2 Å². The third kappa shape index (κ3) is 3.52. The van der Waals surface area contributed by atoms with Gasteiger partial charge in [0.15, 0.2) is 0 Å². The number of carbonyl (C=O) groups excluding carboxylic acids is 1. The third-order valence-corrected chi connectivity index (χ3v) is 3.41. The van der Waals surface area contributed by atoms with Crippen LogP contribution in [-0.2, 0) is 4.79 Å². The fourth-order valence-corrected chi connectivity index (χ4v) is 2.12. The van der Waals surface area contributed by atoms with Crippen molar-refractivity contribution in [2.24, 2.45) is 0 Å². The standard InChI is InChI=1S/C14H16ClFN4O/c1-8-14(9(2)19-18-8)17-13(21)7-20(3)10-4-5-12(16)11(15)6-10/h4-6H,7H2,1-3H3,(H,17,21)(H,18,19). The number of benzene rings is 1. The van der Waals surface area contributed by atoms with Crippen LogP contribution in [0.4, 0.5) is 15.8 Å². The molecule has 0 fully saturated rings. The average molecular weight is 311 g/mol. The molecule has 0 unspecified atom stereocenters. The van der Waals surface area contributed by atoms with Gasteiger partial charge in [0.05, 0.1) is 28.6 Å². The zero-order chi connectivity index (χ0) is 15.6. The molecule has 0 aliphatic rings. The van der Waals surface area contributed by atoms with E-state index in [9.17, 15) is 9.18 Å². The highest BCUT2D eigenvalue weighted by molar-refractivity contribution is 6.31. The summed E-state index contributed by atoms with van der Waals surface area (Å²) in [6, 6.07) is 4.33. The second kappa shape index (κ2) is 6.13. The lowest BCUT2D eigenvalue weighted by atomic mass is 10.2. The molecule has 7 heteroatoms. The summed E-state index contributed by atoms with van der Waals surface area (Å²) >= 11 is 5.74. The predicted octanol–water partition coefficient (Wildman–Crippen LogP) is 2.89. The minimum Gasteiger partial charge on any atom is -0.365 e. The van der Waals surface area contributed by atoms with Gasteiger partial charge in [-0.05, 0) is 32.0 Å². The SMILES string of the molecule is Cc1n[nH]c(C)c1NC(=O)CN(C)c1ccc(F)c(Cl)c1. The second-order valence-electron chi connectivity index (χ2n) is 4.81. The molecule has 0 aliphatic heterocycles. The van der Waals surface area contributed by atoms with E-state index in [1.54, 1.807) is 18.0 Å². The summed E-state index contributed by atoms with van der Waals surface area (Å²) < 4.78 is 13.1. The van der Waals surface area contributed by atoms with Gasteiger partial charge in [0, 0.05) is 12.7 Å². The number of aromatic nitrogens is 2. The number of aromatic amines is 1. The minimum absolute atomic E-state index is 0.0290. The Morgan fingerprint density at radius 3 is 2.76 bits per heavy atom. The zero-order valence-corrected chi connectivity index (χ0v) is 12.8. The summed E-state index contributed by atoms with van der Waals surface area (Å²) in [7, 11) is 1.73. The molecular formula is C14H16ClFN4O. The van der Waals surface area contributed by atoms with E-state index < -0.39 is 5.82 Å². The first-order valence-corrected chi connectivity index (χ1v) is 6.74. The number of hydrogen-bond donors (Lipinski definition) is 2. The number of H-pyrrole nitrogens is 1. The largest absolute Gasteiger partial charge is 0.365 e. The average Bonchev–Trinajstić information content (AvgIpc) is 2.73. The van der Waals surface area contributed by atoms with E-state index in [0.29, 0.717) is 11.4 Å². The number of likely N-dealkylation sites (N-methyl/N-ethyl adjacent to an activating group) is 1. The maximum absolute atomic E-state index is 13.1. The molecule has 2 aromatic rings.